The summed E-state index contributed by atoms with van der Waals surface area (Å²) < 4.78 is 16.7. The SMILES string of the molecule is CCOc1cc(C(=O)OCc2nc3ccccc3s2)c([N+](=O)[O-])cc1OC. The minimum atomic E-state index is -0.829. The molecule has 0 N–H and O–H groups in total. The number of carbonyl (C=O) groups is 1. The highest BCUT2D eigenvalue weighted by Crippen LogP contribution is 2.35. The molecule has 0 aliphatic heterocycles. The van der Waals surface area contributed by atoms with E-state index in [1.54, 1.807) is 6.92 Å². The van der Waals surface area contributed by atoms with E-state index in [0.717, 1.165) is 16.3 Å². The van der Waals surface area contributed by atoms with Gasteiger partial charge in [0.05, 0.1) is 34.9 Å². The van der Waals surface area contributed by atoms with E-state index in [-0.39, 0.29) is 23.7 Å². The van der Waals surface area contributed by atoms with Gasteiger partial charge in [0.25, 0.3) is 5.69 Å². The van der Waals surface area contributed by atoms with Gasteiger partial charge in [-0.1, -0.05) is 12.1 Å². The van der Waals surface area contributed by atoms with E-state index >= 15 is 0 Å². The van der Waals surface area contributed by atoms with Gasteiger partial charge in [0.2, 0.25) is 0 Å². The van der Waals surface area contributed by atoms with Crippen molar-refractivity contribution in [3.63, 3.8) is 0 Å². The van der Waals surface area contributed by atoms with E-state index in [1.807, 2.05) is 24.3 Å². The molecule has 0 aliphatic rings. The van der Waals surface area contributed by atoms with E-state index in [4.69, 9.17) is 14.2 Å². The summed E-state index contributed by atoms with van der Waals surface area (Å²) in [5, 5.41) is 11.9. The van der Waals surface area contributed by atoms with Gasteiger partial charge < -0.3 is 14.2 Å². The number of ether oxygens (including phenoxy) is 3. The molecular weight excluding hydrogens is 372 g/mol. The molecular formula is C18H16N2O6S. The molecule has 3 aromatic rings. The Morgan fingerprint density at radius 2 is 2.04 bits per heavy atom. The summed E-state index contributed by atoms with van der Waals surface area (Å²) in [6.07, 6.45) is 0. The number of benzene rings is 2. The van der Waals surface area contributed by atoms with Crippen LogP contribution in [0.25, 0.3) is 10.2 Å². The number of fused-ring (bicyclic) bond motifs is 1. The summed E-state index contributed by atoms with van der Waals surface area (Å²) in [6.45, 7) is 1.99. The molecule has 0 atom stereocenters. The number of esters is 1. The number of nitro benzene ring substituents is 1. The maximum absolute atomic E-state index is 12.5. The standard InChI is InChI=1S/C18H16N2O6S/c1-3-25-15-8-11(13(20(22)23)9-14(15)24-2)18(21)26-10-17-19-12-6-4-5-7-16(12)27-17/h4-9H,3,10H2,1-2H3. The fourth-order valence-corrected chi connectivity index (χ4v) is 3.36. The predicted molar refractivity (Wildman–Crippen MR) is 99.6 cm³/mol. The molecule has 27 heavy (non-hydrogen) atoms. The maximum atomic E-state index is 12.5. The van der Waals surface area contributed by atoms with Crippen LogP contribution in [0.2, 0.25) is 0 Å². The summed E-state index contributed by atoms with van der Waals surface area (Å²) in [5.41, 5.74) is 0.192. The zero-order valence-corrected chi connectivity index (χ0v) is 15.4. The number of hydrogen-bond donors (Lipinski definition) is 0. The number of thiazole rings is 1. The third-order valence-corrected chi connectivity index (χ3v) is 4.67. The second kappa shape index (κ2) is 8.00. The van der Waals surface area contributed by atoms with Crippen molar-refractivity contribution in [1.82, 2.24) is 4.98 Å². The number of para-hydroxylation sites is 1. The molecule has 1 aromatic heterocycles. The van der Waals surface area contributed by atoms with Crippen LogP contribution in [0.1, 0.15) is 22.3 Å². The van der Waals surface area contributed by atoms with Crippen molar-refractivity contribution in [2.24, 2.45) is 0 Å². The van der Waals surface area contributed by atoms with Gasteiger partial charge >= 0.3 is 5.97 Å². The van der Waals surface area contributed by atoms with Gasteiger partial charge in [-0.15, -0.1) is 11.3 Å². The highest BCUT2D eigenvalue weighted by Gasteiger charge is 2.26. The van der Waals surface area contributed by atoms with Crippen LogP contribution in [-0.4, -0.2) is 29.6 Å². The van der Waals surface area contributed by atoms with Gasteiger partial charge in [0.1, 0.15) is 17.2 Å². The topological polar surface area (TPSA) is 101 Å². The number of nitrogens with zero attached hydrogens (tertiary/aromatic N) is 2. The number of hydrogen-bond acceptors (Lipinski definition) is 8. The molecule has 0 aliphatic carbocycles. The molecule has 0 spiro atoms. The molecule has 9 heteroatoms. The fourth-order valence-electron chi connectivity index (χ4n) is 2.48. The lowest BCUT2D eigenvalue weighted by Gasteiger charge is -2.11. The molecule has 1 heterocycles. The van der Waals surface area contributed by atoms with E-state index < -0.39 is 16.6 Å². The lowest BCUT2D eigenvalue weighted by molar-refractivity contribution is -0.385. The molecule has 0 fully saturated rings. The summed E-state index contributed by atoms with van der Waals surface area (Å²) in [6, 6.07) is 9.96. The molecule has 140 valence electrons. The summed E-state index contributed by atoms with van der Waals surface area (Å²) in [5.74, 6) is -0.423. The van der Waals surface area contributed by atoms with Crippen molar-refractivity contribution in [2.75, 3.05) is 13.7 Å². The Morgan fingerprint density at radius 3 is 2.70 bits per heavy atom. The highest BCUT2D eigenvalue weighted by molar-refractivity contribution is 7.18. The lowest BCUT2D eigenvalue weighted by Crippen LogP contribution is -2.09. The number of rotatable bonds is 7. The van der Waals surface area contributed by atoms with Crippen LogP contribution in [0, 0.1) is 10.1 Å². The first-order valence-corrected chi connectivity index (χ1v) is 8.86. The quantitative estimate of drug-likeness (QED) is 0.343. The Balaban J connectivity index is 1.85. The molecule has 0 amide bonds. The van der Waals surface area contributed by atoms with Crippen molar-refractivity contribution in [3.05, 3.63) is 57.1 Å². The van der Waals surface area contributed by atoms with Gasteiger partial charge in [-0.2, -0.15) is 0 Å². The molecule has 0 unspecified atom stereocenters. The monoisotopic (exact) mass is 388 g/mol. The van der Waals surface area contributed by atoms with Crippen LogP contribution in [0.5, 0.6) is 11.5 Å². The summed E-state index contributed by atoms with van der Waals surface area (Å²) in [4.78, 5) is 27.5. The lowest BCUT2D eigenvalue weighted by atomic mass is 10.1. The minimum absolute atomic E-state index is 0.0780. The van der Waals surface area contributed by atoms with Crippen molar-refractivity contribution in [1.29, 1.82) is 0 Å². The average Bonchev–Trinajstić information content (AvgIpc) is 3.08. The van der Waals surface area contributed by atoms with Crippen molar-refractivity contribution in [3.8, 4) is 11.5 Å². The van der Waals surface area contributed by atoms with Crippen LogP contribution in [0.4, 0.5) is 5.69 Å². The average molecular weight is 388 g/mol. The third-order valence-electron chi connectivity index (χ3n) is 3.66. The first-order valence-electron chi connectivity index (χ1n) is 8.04. The first-order chi connectivity index (χ1) is 13.0. The van der Waals surface area contributed by atoms with Crippen molar-refractivity contribution >= 4 is 33.2 Å². The maximum Gasteiger partial charge on any atom is 0.345 e. The van der Waals surface area contributed by atoms with Gasteiger partial charge in [0.15, 0.2) is 11.5 Å². The van der Waals surface area contributed by atoms with Crippen molar-refractivity contribution < 1.29 is 23.9 Å². The Labute approximate surface area is 158 Å². The third kappa shape index (κ3) is 3.98. The largest absolute Gasteiger partial charge is 0.493 e. The minimum Gasteiger partial charge on any atom is -0.493 e. The van der Waals surface area contributed by atoms with E-state index in [0.29, 0.717) is 11.6 Å². The zero-order chi connectivity index (χ0) is 19.4. The molecule has 8 nitrogen and oxygen atoms in total. The molecule has 3 rings (SSSR count). The smallest absolute Gasteiger partial charge is 0.345 e. The number of carbonyl (C=O) groups excluding carboxylic acids is 1. The molecule has 0 bridgehead atoms. The molecule has 0 saturated heterocycles. The van der Waals surface area contributed by atoms with E-state index in [1.165, 1.54) is 24.5 Å². The van der Waals surface area contributed by atoms with Gasteiger partial charge in [-0.25, -0.2) is 9.78 Å². The Morgan fingerprint density at radius 1 is 1.26 bits per heavy atom. The Bertz CT molecular complexity index is 968. The van der Waals surface area contributed by atoms with E-state index in [2.05, 4.69) is 4.98 Å². The Kier molecular flexibility index (Phi) is 5.51. The van der Waals surface area contributed by atoms with Gasteiger partial charge in [-0.05, 0) is 19.1 Å². The second-order valence-electron chi connectivity index (χ2n) is 5.36. The molecule has 0 saturated carbocycles. The van der Waals surface area contributed by atoms with Crippen LogP contribution in [-0.2, 0) is 11.3 Å². The zero-order valence-electron chi connectivity index (χ0n) is 14.6. The normalized spacial score (nSPS) is 10.6. The van der Waals surface area contributed by atoms with Crippen LogP contribution >= 0.6 is 11.3 Å². The number of methoxy groups -OCH3 is 1. The van der Waals surface area contributed by atoms with Crippen LogP contribution in [0.3, 0.4) is 0 Å². The summed E-state index contributed by atoms with van der Waals surface area (Å²) in [7, 11) is 1.37. The highest BCUT2D eigenvalue weighted by atomic mass is 32.1. The number of aromatic nitrogens is 1. The van der Waals surface area contributed by atoms with Crippen molar-refractivity contribution in [2.45, 2.75) is 13.5 Å². The van der Waals surface area contributed by atoms with Crippen LogP contribution in [0.15, 0.2) is 36.4 Å². The van der Waals surface area contributed by atoms with E-state index in [9.17, 15) is 14.9 Å². The summed E-state index contributed by atoms with van der Waals surface area (Å²) >= 11 is 1.40. The van der Waals surface area contributed by atoms with Gasteiger partial charge in [0, 0.05) is 6.07 Å². The Hall–Kier alpha value is -3.20. The fraction of sp³-hybridized carbons (Fsp3) is 0.222. The first kappa shape index (κ1) is 18.6. The number of nitro groups is 1. The van der Waals surface area contributed by atoms with Crippen LogP contribution < -0.4 is 9.47 Å². The molecule has 0 radical (unpaired) electrons. The molecule has 2 aromatic carbocycles. The predicted octanol–water partition coefficient (Wildman–Crippen LogP) is 3.97. The second-order valence-corrected chi connectivity index (χ2v) is 6.48. The van der Waals surface area contributed by atoms with Gasteiger partial charge in [-0.3, -0.25) is 10.1 Å².